The van der Waals surface area contributed by atoms with Crippen LogP contribution in [0.25, 0.3) is 0 Å². The van der Waals surface area contributed by atoms with Gasteiger partial charge in [-0.2, -0.15) is 0 Å². The van der Waals surface area contributed by atoms with E-state index >= 15 is 0 Å². The molecule has 0 N–H and O–H groups in total. The van der Waals surface area contributed by atoms with E-state index in [1.807, 2.05) is 6.07 Å². The second-order valence-electron chi connectivity index (χ2n) is 7.40. The van der Waals surface area contributed by atoms with Crippen molar-refractivity contribution in [1.82, 2.24) is 0 Å². The van der Waals surface area contributed by atoms with E-state index in [1.165, 1.54) is 5.56 Å². The van der Waals surface area contributed by atoms with Crippen LogP contribution in [-0.4, -0.2) is 5.78 Å². The van der Waals surface area contributed by atoms with E-state index in [9.17, 15) is 4.79 Å². The molecule has 1 saturated carbocycles. The van der Waals surface area contributed by atoms with Crippen LogP contribution in [0.1, 0.15) is 58.4 Å². The third kappa shape index (κ3) is 4.19. The number of hydrogen-bond acceptors (Lipinski definition) is 1. The summed E-state index contributed by atoms with van der Waals surface area (Å²) in [6.07, 6.45) is 2.94. The number of carbonyl (C=O) groups is 1. The van der Waals surface area contributed by atoms with E-state index in [0.29, 0.717) is 29.0 Å². The Kier molecular flexibility index (Phi) is 4.13. The molecule has 1 aliphatic rings. The second-order valence-corrected chi connectivity index (χ2v) is 7.40. The van der Waals surface area contributed by atoms with Crippen LogP contribution in [0.2, 0.25) is 0 Å². The summed E-state index contributed by atoms with van der Waals surface area (Å²) in [7, 11) is 0. The van der Waals surface area contributed by atoms with Crippen molar-refractivity contribution in [3.05, 3.63) is 35.9 Å². The van der Waals surface area contributed by atoms with Gasteiger partial charge in [0.15, 0.2) is 0 Å². The standard InChI is InChI=1S/C18H26O/c1-13(12-18(2,3)4)10-17(19)16-11-15(16)14-8-6-5-7-9-14/h5-9,13,15-16H,10-12H2,1-4H3. The fourth-order valence-electron chi connectivity index (χ4n) is 3.23. The lowest BCUT2D eigenvalue weighted by molar-refractivity contribution is -0.121. The molecular formula is C18H26O. The molecule has 0 saturated heterocycles. The van der Waals surface area contributed by atoms with Gasteiger partial charge >= 0.3 is 0 Å². The summed E-state index contributed by atoms with van der Waals surface area (Å²) in [6, 6.07) is 10.5. The molecule has 3 unspecified atom stereocenters. The average molecular weight is 258 g/mol. The normalized spacial score (nSPS) is 24.0. The van der Waals surface area contributed by atoms with Gasteiger partial charge in [0, 0.05) is 12.3 Å². The highest BCUT2D eigenvalue weighted by atomic mass is 16.1. The first-order chi connectivity index (χ1) is 8.87. The van der Waals surface area contributed by atoms with E-state index in [2.05, 4.69) is 52.0 Å². The highest BCUT2D eigenvalue weighted by molar-refractivity contribution is 5.85. The zero-order chi connectivity index (χ0) is 14.0. The van der Waals surface area contributed by atoms with Crippen molar-refractivity contribution in [2.24, 2.45) is 17.3 Å². The zero-order valence-corrected chi connectivity index (χ0v) is 12.6. The van der Waals surface area contributed by atoms with Crippen LogP contribution in [0.4, 0.5) is 0 Å². The van der Waals surface area contributed by atoms with Crippen molar-refractivity contribution in [2.75, 3.05) is 0 Å². The fraction of sp³-hybridized carbons (Fsp3) is 0.611. The van der Waals surface area contributed by atoms with E-state index in [1.54, 1.807) is 0 Å². The molecule has 19 heavy (non-hydrogen) atoms. The number of rotatable bonds is 5. The average Bonchev–Trinajstić information content (AvgIpc) is 3.07. The Balaban J connectivity index is 1.83. The van der Waals surface area contributed by atoms with Crippen LogP contribution in [0.5, 0.6) is 0 Å². The smallest absolute Gasteiger partial charge is 0.136 e. The third-order valence-electron chi connectivity index (χ3n) is 3.94. The van der Waals surface area contributed by atoms with Crippen LogP contribution in [0.3, 0.4) is 0 Å². The number of Topliss-reactive ketones (excluding diaryl/α,β-unsaturated/α-hetero) is 1. The van der Waals surface area contributed by atoms with E-state index in [4.69, 9.17) is 0 Å². The molecule has 1 aromatic rings. The largest absolute Gasteiger partial charge is 0.299 e. The number of ketones is 1. The Bertz CT molecular complexity index is 427. The second kappa shape index (κ2) is 5.48. The van der Waals surface area contributed by atoms with Crippen molar-refractivity contribution >= 4 is 5.78 Å². The van der Waals surface area contributed by atoms with Gasteiger partial charge in [-0.25, -0.2) is 0 Å². The molecular weight excluding hydrogens is 232 g/mol. The van der Waals surface area contributed by atoms with Crippen molar-refractivity contribution in [1.29, 1.82) is 0 Å². The lowest BCUT2D eigenvalue weighted by Crippen LogP contribution is -2.15. The van der Waals surface area contributed by atoms with Crippen LogP contribution in [0, 0.1) is 17.3 Å². The molecule has 1 heteroatoms. The highest BCUT2D eigenvalue weighted by Gasteiger charge is 2.43. The first kappa shape index (κ1) is 14.3. The van der Waals surface area contributed by atoms with Crippen LogP contribution < -0.4 is 0 Å². The Morgan fingerprint density at radius 1 is 1.26 bits per heavy atom. The lowest BCUT2D eigenvalue weighted by atomic mass is 9.83. The summed E-state index contributed by atoms with van der Waals surface area (Å²) in [6.45, 7) is 8.96. The Labute approximate surface area is 117 Å². The first-order valence-corrected chi connectivity index (χ1v) is 7.44. The number of hydrogen-bond donors (Lipinski definition) is 0. The SMILES string of the molecule is CC(CC(=O)C1CC1c1ccccc1)CC(C)(C)C. The Morgan fingerprint density at radius 3 is 2.47 bits per heavy atom. The first-order valence-electron chi connectivity index (χ1n) is 7.44. The molecule has 1 nitrogen and oxygen atoms in total. The molecule has 0 spiro atoms. The van der Waals surface area contributed by atoms with Gasteiger partial charge < -0.3 is 0 Å². The van der Waals surface area contributed by atoms with Gasteiger partial charge in [0.1, 0.15) is 5.78 Å². The summed E-state index contributed by atoms with van der Waals surface area (Å²) < 4.78 is 0. The van der Waals surface area contributed by atoms with Gasteiger partial charge in [0.2, 0.25) is 0 Å². The van der Waals surface area contributed by atoms with Gasteiger partial charge in [-0.3, -0.25) is 4.79 Å². The lowest BCUT2D eigenvalue weighted by Gasteiger charge is -2.22. The minimum absolute atomic E-state index is 0.296. The minimum atomic E-state index is 0.296. The molecule has 0 aromatic heterocycles. The van der Waals surface area contributed by atoms with Crippen LogP contribution in [-0.2, 0) is 4.79 Å². The summed E-state index contributed by atoms with van der Waals surface area (Å²) >= 11 is 0. The van der Waals surface area contributed by atoms with Crippen molar-refractivity contribution < 1.29 is 4.79 Å². The molecule has 0 bridgehead atoms. The maximum atomic E-state index is 12.3. The molecule has 0 amide bonds. The van der Waals surface area contributed by atoms with Gasteiger partial charge in [-0.15, -0.1) is 0 Å². The molecule has 3 atom stereocenters. The van der Waals surface area contributed by atoms with Crippen LogP contribution >= 0.6 is 0 Å². The maximum absolute atomic E-state index is 12.3. The van der Waals surface area contributed by atoms with E-state index in [0.717, 1.165) is 19.3 Å². The van der Waals surface area contributed by atoms with E-state index in [-0.39, 0.29) is 0 Å². The van der Waals surface area contributed by atoms with Gasteiger partial charge in [0.25, 0.3) is 0 Å². The zero-order valence-electron chi connectivity index (χ0n) is 12.6. The molecule has 0 aliphatic heterocycles. The van der Waals surface area contributed by atoms with Crippen LogP contribution in [0.15, 0.2) is 30.3 Å². The third-order valence-corrected chi connectivity index (χ3v) is 3.94. The predicted octanol–water partition coefficient (Wildman–Crippen LogP) is 4.82. The quantitative estimate of drug-likeness (QED) is 0.740. The van der Waals surface area contributed by atoms with Crippen molar-refractivity contribution in [2.45, 2.75) is 52.9 Å². The number of benzene rings is 1. The van der Waals surface area contributed by atoms with Crippen molar-refractivity contribution in [3.63, 3.8) is 0 Å². The molecule has 1 aromatic carbocycles. The fourth-order valence-corrected chi connectivity index (χ4v) is 3.23. The van der Waals surface area contributed by atoms with Gasteiger partial charge in [-0.05, 0) is 35.7 Å². The molecule has 0 radical (unpaired) electrons. The monoisotopic (exact) mass is 258 g/mol. The predicted molar refractivity (Wildman–Crippen MR) is 80.2 cm³/mol. The Hall–Kier alpha value is -1.11. The van der Waals surface area contributed by atoms with Crippen molar-refractivity contribution in [3.8, 4) is 0 Å². The molecule has 104 valence electrons. The number of carbonyl (C=O) groups excluding carboxylic acids is 1. The maximum Gasteiger partial charge on any atom is 0.136 e. The van der Waals surface area contributed by atoms with E-state index < -0.39 is 0 Å². The Morgan fingerprint density at radius 2 is 1.89 bits per heavy atom. The summed E-state index contributed by atoms with van der Waals surface area (Å²) in [5.74, 6) is 1.77. The molecule has 2 rings (SSSR count). The summed E-state index contributed by atoms with van der Waals surface area (Å²) in [4.78, 5) is 12.3. The summed E-state index contributed by atoms with van der Waals surface area (Å²) in [5, 5.41) is 0. The minimum Gasteiger partial charge on any atom is -0.299 e. The molecule has 0 heterocycles. The topological polar surface area (TPSA) is 17.1 Å². The molecule has 1 aliphatic carbocycles. The summed E-state index contributed by atoms with van der Waals surface area (Å²) in [5.41, 5.74) is 1.66. The highest BCUT2D eigenvalue weighted by Crippen LogP contribution is 2.49. The molecule has 1 fully saturated rings. The van der Waals surface area contributed by atoms with Gasteiger partial charge in [0.05, 0.1) is 0 Å². The van der Waals surface area contributed by atoms with Gasteiger partial charge in [-0.1, -0.05) is 58.0 Å².